The Morgan fingerprint density at radius 3 is 2.26 bits per heavy atom. The lowest BCUT2D eigenvalue weighted by Crippen LogP contribution is -2.15. The van der Waals surface area contributed by atoms with Crippen molar-refractivity contribution in [3.05, 3.63) is 77.9 Å². The van der Waals surface area contributed by atoms with E-state index in [1.807, 2.05) is 18.2 Å². The molecular formula is C22H18O5. The number of rotatable bonds is 5. The van der Waals surface area contributed by atoms with Gasteiger partial charge >= 0.3 is 0 Å². The van der Waals surface area contributed by atoms with E-state index in [4.69, 9.17) is 18.9 Å². The molecule has 0 saturated heterocycles. The monoisotopic (exact) mass is 362 g/mol. The molecule has 1 aliphatic rings. The number of ether oxygens (including phenoxy) is 4. The van der Waals surface area contributed by atoms with E-state index < -0.39 is 0 Å². The van der Waals surface area contributed by atoms with Crippen LogP contribution in [0.15, 0.2) is 66.7 Å². The summed E-state index contributed by atoms with van der Waals surface area (Å²) >= 11 is 0. The van der Waals surface area contributed by atoms with Gasteiger partial charge in [-0.05, 0) is 54.6 Å². The molecule has 0 N–H and O–H groups in total. The first-order valence-electron chi connectivity index (χ1n) is 8.59. The van der Waals surface area contributed by atoms with Crippen LogP contribution >= 0.6 is 0 Å². The van der Waals surface area contributed by atoms with Gasteiger partial charge in [0.05, 0.1) is 7.11 Å². The lowest BCUT2D eigenvalue weighted by Gasteiger charge is -2.18. The van der Waals surface area contributed by atoms with Gasteiger partial charge in [-0.3, -0.25) is 4.79 Å². The first kappa shape index (κ1) is 17.0. The molecule has 1 heterocycles. The fourth-order valence-electron chi connectivity index (χ4n) is 2.83. The predicted molar refractivity (Wildman–Crippen MR) is 100 cm³/mol. The number of carbonyl (C=O) groups is 1. The molecule has 0 spiro atoms. The fourth-order valence-corrected chi connectivity index (χ4v) is 2.83. The standard InChI is InChI=1S/C22H18O5/c1-24-18-3-2-4-19(14-18)27-17-8-5-15(6-9-17)22(23)16-7-10-20-21(13-16)26-12-11-25-20/h2-10,13-14H,11-12H2,1H3. The number of ketones is 1. The van der Waals surface area contributed by atoms with Crippen LogP contribution in [0.1, 0.15) is 15.9 Å². The average molecular weight is 362 g/mol. The van der Waals surface area contributed by atoms with Crippen LogP contribution in [0.25, 0.3) is 0 Å². The molecule has 3 aromatic carbocycles. The van der Waals surface area contributed by atoms with E-state index in [-0.39, 0.29) is 5.78 Å². The second-order valence-electron chi connectivity index (χ2n) is 5.99. The van der Waals surface area contributed by atoms with Crippen LogP contribution < -0.4 is 18.9 Å². The van der Waals surface area contributed by atoms with Crippen LogP contribution in [0.5, 0.6) is 28.7 Å². The van der Waals surface area contributed by atoms with Crippen LogP contribution in [0.2, 0.25) is 0 Å². The maximum atomic E-state index is 12.7. The third kappa shape index (κ3) is 3.72. The van der Waals surface area contributed by atoms with E-state index in [1.54, 1.807) is 55.6 Å². The number of carbonyl (C=O) groups excluding carboxylic acids is 1. The molecule has 1 aliphatic heterocycles. The van der Waals surface area contributed by atoms with Crippen LogP contribution in [-0.4, -0.2) is 26.1 Å². The van der Waals surface area contributed by atoms with Crippen molar-refractivity contribution in [1.82, 2.24) is 0 Å². The topological polar surface area (TPSA) is 54.0 Å². The van der Waals surface area contributed by atoms with Gasteiger partial charge in [0.1, 0.15) is 30.5 Å². The fraction of sp³-hybridized carbons (Fsp3) is 0.136. The van der Waals surface area contributed by atoms with Gasteiger partial charge in [-0.2, -0.15) is 0 Å². The Bertz CT molecular complexity index is 963. The van der Waals surface area contributed by atoms with Crippen molar-refractivity contribution in [2.24, 2.45) is 0 Å². The summed E-state index contributed by atoms with van der Waals surface area (Å²) in [6.07, 6.45) is 0. The molecular weight excluding hydrogens is 344 g/mol. The molecule has 0 atom stereocenters. The predicted octanol–water partition coefficient (Wildman–Crippen LogP) is 4.49. The normalized spacial score (nSPS) is 12.3. The summed E-state index contributed by atoms with van der Waals surface area (Å²) < 4.78 is 22.0. The Balaban J connectivity index is 1.50. The Morgan fingerprint density at radius 1 is 0.778 bits per heavy atom. The van der Waals surface area contributed by atoms with Crippen LogP contribution in [0.4, 0.5) is 0 Å². The van der Waals surface area contributed by atoms with Crippen molar-refractivity contribution in [2.45, 2.75) is 0 Å². The first-order valence-corrected chi connectivity index (χ1v) is 8.59. The zero-order chi connectivity index (χ0) is 18.6. The van der Waals surface area contributed by atoms with Gasteiger partial charge in [-0.25, -0.2) is 0 Å². The molecule has 0 fully saturated rings. The summed E-state index contributed by atoms with van der Waals surface area (Å²) in [5.41, 5.74) is 1.13. The largest absolute Gasteiger partial charge is 0.497 e. The van der Waals surface area contributed by atoms with Crippen LogP contribution in [0, 0.1) is 0 Å². The summed E-state index contributed by atoms with van der Waals surface area (Å²) in [6.45, 7) is 1.01. The van der Waals surface area contributed by atoms with E-state index >= 15 is 0 Å². The zero-order valence-corrected chi connectivity index (χ0v) is 14.8. The molecule has 0 unspecified atom stereocenters. The number of hydrogen-bond donors (Lipinski definition) is 0. The van der Waals surface area contributed by atoms with E-state index in [0.29, 0.717) is 47.3 Å². The number of benzene rings is 3. The lowest BCUT2D eigenvalue weighted by molar-refractivity contribution is 0.103. The molecule has 0 aliphatic carbocycles. The zero-order valence-electron chi connectivity index (χ0n) is 14.8. The van der Waals surface area contributed by atoms with Gasteiger partial charge in [0.25, 0.3) is 0 Å². The average Bonchev–Trinajstić information content (AvgIpc) is 2.73. The third-order valence-corrected chi connectivity index (χ3v) is 4.20. The Kier molecular flexibility index (Phi) is 4.66. The third-order valence-electron chi connectivity index (χ3n) is 4.20. The number of hydrogen-bond acceptors (Lipinski definition) is 5. The van der Waals surface area contributed by atoms with Crippen molar-refractivity contribution in [2.75, 3.05) is 20.3 Å². The molecule has 5 nitrogen and oxygen atoms in total. The Labute approximate surface area is 157 Å². The summed E-state index contributed by atoms with van der Waals surface area (Å²) in [4.78, 5) is 12.7. The quantitative estimate of drug-likeness (QED) is 0.626. The van der Waals surface area contributed by atoms with Gasteiger partial charge in [0, 0.05) is 17.2 Å². The molecule has 0 saturated carbocycles. The highest BCUT2D eigenvalue weighted by Gasteiger charge is 2.16. The minimum atomic E-state index is -0.0834. The molecule has 5 heteroatoms. The van der Waals surface area contributed by atoms with Crippen molar-refractivity contribution >= 4 is 5.78 Å². The molecule has 136 valence electrons. The maximum Gasteiger partial charge on any atom is 0.193 e. The van der Waals surface area contributed by atoms with Crippen molar-refractivity contribution in [3.63, 3.8) is 0 Å². The highest BCUT2D eigenvalue weighted by Crippen LogP contribution is 2.32. The van der Waals surface area contributed by atoms with Crippen LogP contribution in [-0.2, 0) is 0 Å². The Morgan fingerprint density at radius 2 is 1.48 bits per heavy atom. The highest BCUT2D eigenvalue weighted by atomic mass is 16.6. The molecule has 0 aromatic heterocycles. The summed E-state index contributed by atoms with van der Waals surface area (Å²) in [5, 5.41) is 0. The highest BCUT2D eigenvalue weighted by molar-refractivity contribution is 6.09. The maximum absolute atomic E-state index is 12.7. The number of fused-ring (bicyclic) bond motifs is 1. The summed E-state index contributed by atoms with van der Waals surface area (Å²) in [7, 11) is 1.61. The molecule has 0 amide bonds. The molecule has 3 aromatic rings. The van der Waals surface area contributed by atoms with Crippen LogP contribution in [0.3, 0.4) is 0 Å². The van der Waals surface area contributed by atoms with E-state index in [2.05, 4.69) is 0 Å². The van der Waals surface area contributed by atoms with Gasteiger partial charge in [0.15, 0.2) is 17.3 Å². The molecule has 27 heavy (non-hydrogen) atoms. The lowest BCUT2D eigenvalue weighted by atomic mass is 10.0. The number of methoxy groups -OCH3 is 1. The second kappa shape index (κ2) is 7.41. The second-order valence-corrected chi connectivity index (χ2v) is 5.99. The van der Waals surface area contributed by atoms with E-state index in [9.17, 15) is 4.79 Å². The minimum Gasteiger partial charge on any atom is -0.497 e. The SMILES string of the molecule is COc1cccc(Oc2ccc(C(=O)c3ccc4c(c3)OCCO4)cc2)c1. The van der Waals surface area contributed by atoms with Gasteiger partial charge in [-0.1, -0.05) is 6.07 Å². The van der Waals surface area contributed by atoms with Gasteiger partial charge < -0.3 is 18.9 Å². The van der Waals surface area contributed by atoms with Gasteiger partial charge in [-0.15, -0.1) is 0 Å². The van der Waals surface area contributed by atoms with Crippen molar-refractivity contribution < 1.29 is 23.7 Å². The molecule has 0 bridgehead atoms. The minimum absolute atomic E-state index is 0.0834. The Hall–Kier alpha value is -3.47. The van der Waals surface area contributed by atoms with E-state index in [1.165, 1.54) is 0 Å². The van der Waals surface area contributed by atoms with Crippen molar-refractivity contribution in [1.29, 1.82) is 0 Å². The smallest absolute Gasteiger partial charge is 0.193 e. The van der Waals surface area contributed by atoms with E-state index in [0.717, 1.165) is 5.75 Å². The molecule has 0 radical (unpaired) electrons. The molecule has 4 rings (SSSR count). The van der Waals surface area contributed by atoms with Crippen molar-refractivity contribution in [3.8, 4) is 28.7 Å². The first-order chi connectivity index (χ1) is 13.2. The van der Waals surface area contributed by atoms with Gasteiger partial charge in [0.2, 0.25) is 0 Å². The summed E-state index contributed by atoms with van der Waals surface area (Å²) in [5.74, 6) is 3.21. The summed E-state index contributed by atoms with van der Waals surface area (Å²) in [6, 6.07) is 19.6.